The van der Waals surface area contributed by atoms with E-state index < -0.39 is 10.0 Å². The molecule has 0 saturated heterocycles. The number of ether oxygens (including phenoxy) is 2. The maximum atomic E-state index is 13.2. The number of aromatic nitrogens is 2. The van der Waals surface area contributed by atoms with E-state index in [9.17, 15) is 13.2 Å². The lowest BCUT2D eigenvalue weighted by Gasteiger charge is -2.12. The Bertz CT molecular complexity index is 1450. The summed E-state index contributed by atoms with van der Waals surface area (Å²) in [6, 6.07) is 17.3. The van der Waals surface area contributed by atoms with Gasteiger partial charge in [0, 0.05) is 21.6 Å². The predicted molar refractivity (Wildman–Crippen MR) is 139 cm³/mol. The Morgan fingerprint density at radius 2 is 1.77 bits per heavy atom. The summed E-state index contributed by atoms with van der Waals surface area (Å²) >= 11 is 3.51. The van der Waals surface area contributed by atoms with E-state index in [1.54, 1.807) is 48.5 Å². The Morgan fingerprint density at radius 1 is 1.09 bits per heavy atom. The first-order chi connectivity index (χ1) is 16.8. The quantitative estimate of drug-likeness (QED) is 0.222. The van der Waals surface area contributed by atoms with Crippen molar-refractivity contribution in [1.82, 2.24) is 8.96 Å². The van der Waals surface area contributed by atoms with E-state index in [4.69, 9.17) is 9.47 Å². The number of fused-ring (bicyclic) bond motifs is 1. The van der Waals surface area contributed by atoms with Crippen LogP contribution < -0.4 is 4.74 Å². The molecule has 0 aliphatic heterocycles. The third kappa shape index (κ3) is 5.80. The van der Waals surface area contributed by atoms with Crippen molar-refractivity contribution >= 4 is 43.0 Å². The standard InChI is InChI=1S/C24H21BrN2O5S.C2H4/c1-16-7-9-19(10-8-16)33(29,30)27-12-11-20-21(25)14-18(26-24(20)27)15-32-22-6-4-3-5-17(22)13-23(28)31-2;1-2/h3-12,14H,13,15H2,1-2H3;1-2H2. The minimum Gasteiger partial charge on any atom is -0.487 e. The van der Waals surface area contributed by atoms with Crippen LogP contribution in [-0.4, -0.2) is 30.5 Å². The van der Waals surface area contributed by atoms with Gasteiger partial charge in [0.25, 0.3) is 10.0 Å². The highest BCUT2D eigenvalue weighted by molar-refractivity contribution is 9.10. The molecule has 0 aliphatic rings. The first-order valence-corrected chi connectivity index (χ1v) is 12.8. The van der Waals surface area contributed by atoms with Gasteiger partial charge in [-0.25, -0.2) is 17.4 Å². The molecule has 0 spiro atoms. The molecule has 0 N–H and O–H groups in total. The molecule has 9 heteroatoms. The van der Waals surface area contributed by atoms with Crippen LogP contribution in [0.5, 0.6) is 5.75 Å². The monoisotopic (exact) mass is 556 g/mol. The van der Waals surface area contributed by atoms with Gasteiger partial charge in [0.15, 0.2) is 5.65 Å². The molecule has 2 aromatic heterocycles. The van der Waals surface area contributed by atoms with Crippen LogP contribution in [-0.2, 0) is 32.6 Å². The topological polar surface area (TPSA) is 87.5 Å². The number of aryl methyl sites for hydroxylation is 1. The molecule has 0 bridgehead atoms. The zero-order valence-electron chi connectivity index (χ0n) is 19.4. The van der Waals surface area contributed by atoms with Gasteiger partial charge >= 0.3 is 5.97 Å². The number of para-hydroxylation sites is 1. The fourth-order valence-electron chi connectivity index (χ4n) is 3.36. The molecule has 0 aliphatic carbocycles. The number of methoxy groups -OCH3 is 1. The van der Waals surface area contributed by atoms with Crippen molar-refractivity contribution in [3.05, 3.63) is 101 Å². The summed E-state index contributed by atoms with van der Waals surface area (Å²) < 4.78 is 39.0. The molecule has 0 atom stereocenters. The second-order valence-electron chi connectivity index (χ2n) is 7.41. The predicted octanol–water partition coefficient (Wildman–Crippen LogP) is 5.44. The highest BCUT2D eigenvalue weighted by Gasteiger charge is 2.21. The fraction of sp³-hybridized carbons (Fsp3) is 0.154. The van der Waals surface area contributed by atoms with Crippen molar-refractivity contribution in [3.8, 4) is 5.75 Å². The molecule has 35 heavy (non-hydrogen) atoms. The Balaban J connectivity index is 0.00000167. The summed E-state index contributed by atoms with van der Waals surface area (Å²) in [5.74, 6) is 0.163. The zero-order valence-corrected chi connectivity index (χ0v) is 21.8. The molecule has 182 valence electrons. The first kappa shape index (κ1) is 26.2. The first-order valence-electron chi connectivity index (χ1n) is 10.6. The maximum Gasteiger partial charge on any atom is 0.310 e. The lowest BCUT2D eigenvalue weighted by Crippen LogP contribution is -2.13. The second kappa shape index (κ2) is 11.3. The largest absolute Gasteiger partial charge is 0.487 e. The minimum atomic E-state index is -3.82. The van der Waals surface area contributed by atoms with Crippen molar-refractivity contribution in [1.29, 1.82) is 0 Å². The SMILES string of the molecule is C=C.COC(=O)Cc1ccccc1OCc1cc(Br)c2ccn(S(=O)(=O)c3ccc(C)cc3)c2n1. The fourth-order valence-corrected chi connectivity index (χ4v) is 5.22. The van der Waals surface area contributed by atoms with Crippen molar-refractivity contribution in [2.24, 2.45) is 0 Å². The Hall–Kier alpha value is -3.43. The van der Waals surface area contributed by atoms with E-state index in [2.05, 4.69) is 34.1 Å². The summed E-state index contributed by atoms with van der Waals surface area (Å²) in [4.78, 5) is 16.4. The van der Waals surface area contributed by atoms with Crippen LogP contribution >= 0.6 is 15.9 Å². The van der Waals surface area contributed by atoms with Gasteiger partial charge in [0.2, 0.25) is 0 Å². The van der Waals surface area contributed by atoms with E-state index in [1.165, 1.54) is 17.3 Å². The molecular formula is C26H25BrN2O5S. The highest BCUT2D eigenvalue weighted by atomic mass is 79.9. The Morgan fingerprint density at radius 3 is 2.46 bits per heavy atom. The zero-order chi connectivity index (χ0) is 25.6. The maximum absolute atomic E-state index is 13.2. The summed E-state index contributed by atoms with van der Waals surface area (Å²) in [6.45, 7) is 7.98. The van der Waals surface area contributed by atoms with Gasteiger partial charge in [-0.2, -0.15) is 0 Å². The van der Waals surface area contributed by atoms with Crippen LogP contribution in [0.1, 0.15) is 16.8 Å². The van der Waals surface area contributed by atoms with E-state index in [1.807, 2.05) is 19.1 Å². The summed E-state index contributed by atoms with van der Waals surface area (Å²) in [6.07, 6.45) is 1.58. The minimum absolute atomic E-state index is 0.0838. The van der Waals surface area contributed by atoms with Crippen LogP contribution in [0.2, 0.25) is 0 Å². The van der Waals surface area contributed by atoms with Crippen LogP contribution in [0.15, 0.2) is 89.4 Å². The molecule has 4 rings (SSSR count). The van der Waals surface area contributed by atoms with Crippen molar-refractivity contribution in [2.45, 2.75) is 24.8 Å². The average molecular weight is 557 g/mol. The second-order valence-corrected chi connectivity index (χ2v) is 10.1. The van der Waals surface area contributed by atoms with Crippen molar-refractivity contribution in [3.63, 3.8) is 0 Å². The average Bonchev–Trinajstić information content (AvgIpc) is 3.30. The molecule has 7 nitrogen and oxygen atoms in total. The lowest BCUT2D eigenvalue weighted by atomic mass is 10.1. The van der Waals surface area contributed by atoms with Gasteiger partial charge in [0.1, 0.15) is 12.4 Å². The normalized spacial score (nSPS) is 10.9. The number of halogens is 1. The third-order valence-electron chi connectivity index (χ3n) is 5.11. The number of carbonyl (C=O) groups is 1. The van der Waals surface area contributed by atoms with E-state index >= 15 is 0 Å². The van der Waals surface area contributed by atoms with Crippen molar-refractivity contribution in [2.75, 3.05) is 7.11 Å². The Labute approximate surface area is 213 Å². The molecule has 0 saturated carbocycles. The van der Waals surface area contributed by atoms with Crippen LogP contribution in [0, 0.1) is 6.92 Å². The molecule has 0 amide bonds. The van der Waals surface area contributed by atoms with Gasteiger partial charge in [-0.15, -0.1) is 13.2 Å². The van der Waals surface area contributed by atoms with Crippen LogP contribution in [0.3, 0.4) is 0 Å². The number of hydrogen-bond acceptors (Lipinski definition) is 6. The van der Waals surface area contributed by atoms with Crippen molar-refractivity contribution < 1.29 is 22.7 Å². The van der Waals surface area contributed by atoms with E-state index in [-0.39, 0.29) is 23.9 Å². The molecule has 0 radical (unpaired) electrons. The van der Waals surface area contributed by atoms with Gasteiger partial charge < -0.3 is 9.47 Å². The summed E-state index contributed by atoms with van der Waals surface area (Å²) in [7, 11) is -2.49. The number of benzene rings is 2. The number of pyridine rings is 1. The van der Waals surface area contributed by atoms with Gasteiger partial charge in [-0.3, -0.25) is 4.79 Å². The smallest absolute Gasteiger partial charge is 0.310 e. The van der Waals surface area contributed by atoms with Gasteiger partial charge in [0.05, 0.1) is 24.1 Å². The number of nitrogens with zero attached hydrogens (tertiary/aromatic N) is 2. The lowest BCUT2D eigenvalue weighted by molar-refractivity contribution is -0.139. The van der Waals surface area contributed by atoms with Gasteiger partial charge in [-0.1, -0.05) is 35.9 Å². The number of rotatable bonds is 7. The molecule has 0 unspecified atom stereocenters. The highest BCUT2D eigenvalue weighted by Crippen LogP contribution is 2.28. The summed E-state index contributed by atoms with van der Waals surface area (Å²) in [5, 5.41) is 0.667. The number of carbonyl (C=O) groups excluding carboxylic acids is 1. The van der Waals surface area contributed by atoms with Crippen LogP contribution in [0.25, 0.3) is 11.0 Å². The number of hydrogen-bond donors (Lipinski definition) is 0. The van der Waals surface area contributed by atoms with E-state index in [0.29, 0.717) is 32.5 Å². The molecule has 0 fully saturated rings. The molecule has 2 aromatic carbocycles. The molecular weight excluding hydrogens is 532 g/mol. The van der Waals surface area contributed by atoms with Gasteiger partial charge in [-0.05, 0) is 53.2 Å². The molecule has 4 aromatic rings. The van der Waals surface area contributed by atoms with E-state index in [0.717, 1.165) is 5.56 Å². The Kier molecular flexibility index (Phi) is 8.48. The molecule has 2 heterocycles. The van der Waals surface area contributed by atoms with Crippen LogP contribution in [0.4, 0.5) is 0 Å². The third-order valence-corrected chi connectivity index (χ3v) is 7.45. The summed E-state index contributed by atoms with van der Waals surface area (Å²) in [5.41, 5.74) is 2.49. The number of esters is 1.